The van der Waals surface area contributed by atoms with Crippen molar-refractivity contribution in [3.8, 4) is 0 Å². The molecule has 1 aliphatic heterocycles. The molecule has 1 aromatic heterocycles. The molecule has 2 heterocycles. The van der Waals surface area contributed by atoms with Gasteiger partial charge in [-0.25, -0.2) is 9.97 Å². The van der Waals surface area contributed by atoms with Crippen molar-refractivity contribution < 1.29 is 4.79 Å². The highest BCUT2D eigenvalue weighted by Crippen LogP contribution is 2.09. The summed E-state index contributed by atoms with van der Waals surface area (Å²) in [6.45, 7) is 3.62. The van der Waals surface area contributed by atoms with Gasteiger partial charge in [0.2, 0.25) is 0 Å². The standard InChI is InChI=1S/C9H12N4O/c1-9(4-11-5-9)13-8(14)7-2-3-10-6-12-7/h2-3,6,11H,4-5H2,1H3,(H,13,14). The van der Waals surface area contributed by atoms with Crippen LogP contribution in [-0.2, 0) is 0 Å². The second kappa shape index (κ2) is 3.34. The number of nitrogens with zero attached hydrogens (tertiary/aromatic N) is 2. The fraction of sp³-hybridized carbons (Fsp3) is 0.444. The van der Waals surface area contributed by atoms with E-state index in [4.69, 9.17) is 0 Å². The van der Waals surface area contributed by atoms with Crippen molar-refractivity contribution in [3.63, 3.8) is 0 Å². The monoisotopic (exact) mass is 192 g/mol. The van der Waals surface area contributed by atoms with Gasteiger partial charge in [-0.3, -0.25) is 4.79 Å². The van der Waals surface area contributed by atoms with Crippen molar-refractivity contribution in [2.24, 2.45) is 0 Å². The Balaban J connectivity index is 2.03. The van der Waals surface area contributed by atoms with Crippen LogP contribution in [-0.4, -0.2) is 34.5 Å². The lowest BCUT2D eigenvalue weighted by atomic mass is 9.95. The van der Waals surface area contributed by atoms with Crippen molar-refractivity contribution in [3.05, 3.63) is 24.3 Å². The van der Waals surface area contributed by atoms with Gasteiger partial charge in [-0.05, 0) is 13.0 Å². The van der Waals surface area contributed by atoms with Gasteiger partial charge in [0.15, 0.2) is 0 Å². The van der Waals surface area contributed by atoms with Crippen LogP contribution in [0.5, 0.6) is 0 Å². The van der Waals surface area contributed by atoms with Crippen LogP contribution in [0, 0.1) is 0 Å². The summed E-state index contributed by atoms with van der Waals surface area (Å²) in [5.74, 6) is -0.142. The summed E-state index contributed by atoms with van der Waals surface area (Å²) < 4.78 is 0. The van der Waals surface area contributed by atoms with Crippen LogP contribution >= 0.6 is 0 Å². The molecule has 1 aromatic rings. The summed E-state index contributed by atoms with van der Waals surface area (Å²) in [6.07, 6.45) is 2.93. The molecule has 0 bridgehead atoms. The highest BCUT2D eigenvalue weighted by atomic mass is 16.2. The molecule has 0 saturated carbocycles. The van der Waals surface area contributed by atoms with Crippen LogP contribution in [0.4, 0.5) is 0 Å². The van der Waals surface area contributed by atoms with Crippen LogP contribution < -0.4 is 10.6 Å². The fourth-order valence-electron chi connectivity index (χ4n) is 1.35. The van der Waals surface area contributed by atoms with Crippen molar-refractivity contribution in [2.75, 3.05) is 13.1 Å². The molecule has 1 aliphatic rings. The zero-order valence-corrected chi connectivity index (χ0v) is 7.95. The minimum absolute atomic E-state index is 0.123. The first-order valence-electron chi connectivity index (χ1n) is 4.49. The first-order valence-corrected chi connectivity index (χ1v) is 4.49. The van der Waals surface area contributed by atoms with Crippen LogP contribution in [0.3, 0.4) is 0 Å². The molecule has 0 atom stereocenters. The number of hydrogen-bond acceptors (Lipinski definition) is 4. The van der Waals surface area contributed by atoms with Gasteiger partial charge in [0.25, 0.3) is 5.91 Å². The predicted octanol–water partition coefficient (Wildman–Crippen LogP) is -0.432. The summed E-state index contributed by atoms with van der Waals surface area (Å²) in [5, 5.41) is 6.03. The Morgan fingerprint density at radius 2 is 2.43 bits per heavy atom. The van der Waals surface area contributed by atoms with E-state index in [0.717, 1.165) is 13.1 Å². The molecule has 0 aliphatic carbocycles. The number of rotatable bonds is 2. The molecule has 1 fully saturated rings. The Morgan fingerprint density at radius 3 is 2.93 bits per heavy atom. The molecule has 5 nitrogen and oxygen atoms in total. The summed E-state index contributed by atoms with van der Waals surface area (Å²) in [7, 11) is 0. The average Bonchev–Trinajstić information content (AvgIpc) is 2.17. The number of carbonyl (C=O) groups excluding carboxylic acids is 1. The van der Waals surface area contributed by atoms with Gasteiger partial charge in [0.05, 0.1) is 5.54 Å². The molecule has 0 radical (unpaired) electrons. The molecule has 14 heavy (non-hydrogen) atoms. The molecular weight excluding hydrogens is 180 g/mol. The first kappa shape index (κ1) is 9.08. The highest BCUT2D eigenvalue weighted by Gasteiger charge is 2.33. The van der Waals surface area contributed by atoms with E-state index in [0.29, 0.717) is 5.69 Å². The molecule has 1 saturated heterocycles. The SMILES string of the molecule is CC1(NC(=O)c2ccncn2)CNC1. The molecule has 74 valence electrons. The molecule has 2 N–H and O–H groups in total. The van der Waals surface area contributed by atoms with Crippen molar-refractivity contribution in [1.29, 1.82) is 0 Å². The van der Waals surface area contributed by atoms with Gasteiger partial charge in [-0.2, -0.15) is 0 Å². The van der Waals surface area contributed by atoms with Gasteiger partial charge >= 0.3 is 0 Å². The lowest BCUT2D eigenvalue weighted by molar-refractivity contribution is 0.0867. The molecule has 0 spiro atoms. The molecule has 0 unspecified atom stereocenters. The summed E-state index contributed by atoms with van der Waals surface area (Å²) in [5.41, 5.74) is 0.287. The number of carbonyl (C=O) groups is 1. The highest BCUT2D eigenvalue weighted by molar-refractivity contribution is 5.92. The Hall–Kier alpha value is -1.49. The van der Waals surface area contributed by atoms with Gasteiger partial charge in [0, 0.05) is 19.3 Å². The Kier molecular flexibility index (Phi) is 2.17. The van der Waals surface area contributed by atoms with Gasteiger partial charge < -0.3 is 10.6 Å². The number of hydrogen-bond donors (Lipinski definition) is 2. The second-order valence-corrected chi connectivity index (χ2v) is 3.71. The molecule has 0 aromatic carbocycles. The Bertz CT molecular complexity index is 334. The largest absolute Gasteiger partial charge is 0.343 e. The topological polar surface area (TPSA) is 66.9 Å². The van der Waals surface area contributed by atoms with E-state index in [-0.39, 0.29) is 11.4 Å². The van der Waals surface area contributed by atoms with Crippen LogP contribution in [0.15, 0.2) is 18.6 Å². The Labute approximate surface area is 82.0 Å². The fourth-order valence-corrected chi connectivity index (χ4v) is 1.35. The maximum Gasteiger partial charge on any atom is 0.270 e. The third-order valence-electron chi connectivity index (χ3n) is 2.26. The summed E-state index contributed by atoms with van der Waals surface area (Å²) in [6, 6.07) is 1.60. The number of aromatic nitrogens is 2. The normalized spacial score (nSPS) is 18.4. The van der Waals surface area contributed by atoms with E-state index in [1.807, 2.05) is 6.92 Å². The lowest BCUT2D eigenvalue weighted by Gasteiger charge is -2.39. The Morgan fingerprint density at radius 1 is 1.64 bits per heavy atom. The van der Waals surface area contributed by atoms with Crippen LogP contribution in [0.2, 0.25) is 0 Å². The van der Waals surface area contributed by atoms with Crippen molar-refractivity contribution in [1.82, 2.24) is 20.6 Å². The zero-order chi connectivity index (χ0) is 10.0. The van der Waals surface area contributed by atoms with Gasteiger partial charge in [-0.1, -0.05) is 0 Å². The molecule has 1 amide bonds. The zero-order valence-electron chi connectivity index (χ0n) is 7.95. The minimum Gasteiger partial charge on any atom is -0.343 e. The van der Waals surface area contributed by atoms with Gasteiger partial charge in [-0.15, -0.1) is 0 Å². The smallest absolute Gasteiger partial charge is 0.270 e. The first-order chi connectivity index (χ1) is 6.70. The molecule has 5 heteroatoms. The third kappa shape index (κ3) is 1.72. The third-order valence-corrected chi connectivity index (χ3v) is 2.26. The predicted molar refractivity (Wildman–Crippen MR) is 50.8 cm³/mol. The summed E-state index contributed by atoms with van der Waals surface area (Å²) >= 11 is 0. The average molecular weight is 192 g/mol. The number of amides is 1. The maximum absolute atomic E-state index is 11.6. The molecule has 2 rings (SSSR count). The van der Waals surface area contributed by atoms with E-state index < -0.39 is 0 Å². The van der Waals surface area contributed by atoms with E-state index in [2.05, 4.69) is 20.6 Å². The van der Waals surface area contributed by atoms with Crippen molar-refractivity contribution in [2.45, 2.75) is 12.5 Å². The second-order valence-electron chi connectivity index (χ2n) is 3.71. The molecular formula is C9H12N4O. The minimum atomic E-state index is -0.142. The van der Waals surface area contributed by atoms with Crippen molar-refractivity contribution >= 4 is 5.91 Å². The van der Waals surface area contributed by atoms with E-state index in [1.165, 1.54) is 6.33 Å². The van der Waals surface area contributed by atoms with E-state index in [9.17, 15) is 4.79 Å². The number of nitrogens with one attached hydrogen (secondary N) is 2. The lowest BCUT2D eigenvalue weighted by Crippen LogP contribution is -2.67. The quantitative estimate of drug-likeness (QED) is 0.667. The van der Waals surface area contributed by atoms with Crippen LogP contribution in [0.25, 0.3) is 0 Å². The van der Waals surface area contributed by atoms with E-state index >= 15 is 0 Å². The van der Waals surface area contributed by atoms with E-state index in [1.54, 1.807) is 12.3 Å². The van der Waals surface area contributed by atoms with Gasteiger partial charge in [0.1, 0.15) is 12.0 Å². The van der Waals surface area contributed by atoms with Crippen LogP contribution in [0.1, 0.15) is 17.4 Å². The summed E-state index contributed by atoms with van der Waals surface area (Å²) in [4.78, 5) is 19.3. The maximum atomic E-state index is 11.6.